The maximum atomic E-state index is 14.0. The fourth-order valence-corrected chi connectivity index (χ4v) is 7.90. The van der Waals surface area contributed by atoms with E-state index in [0.29, 0.717) is 51.8 Å². The van der Waals surface area contributed by atoms with Crippen molar-refractivity contribution in [1.29, 1.82) is 0 Å². The predicted molar refractivity (Wildman–Crippen MR) is 171 cm³/mol. The Kier molecular flexibility index (Phi) is 11.2. The van der Waals surface area contributed by atoms with Crippen molar-refractivity contribution in [2.24, 2.45) is 17.8 Å². The van der Waals surface area contributed by atoms with Gasteiger partial charge in [0.05, 0.1) is 16.8 Å². The maximum absolute atomic E-state index is 14.0. The fourth-order valence-electron chi connectivity index (χ4n) is 7.36. The zero-order chi connectivity index (χ0) is 31.2. The summed E-state index contributed by atoms with van der Waals surface area (Å²) < 4.78 is 0. The van der Waals surface area contributed by atoms with Gasteiger partial charge in [0, 0.05) is 46.6 Å². The number of amides is 2. The summed E-state index contributed by atoms with van der Waals surface area (Å²) in [5.41, 5.74) is 0.969. The lowest BCUT2D eigenvalue weighted by molar-refractivity contribution is -0.141. The molecule has 0 aliphatic heterocycles. The van der Waals surface area contributed by atoms with Crippen LogP contribution in [0.3, 0.4) is 0 Å². The summed E-state index contributed by atoms with van der Waals surface area (Å²) in [6.45, 7) is 0. The highest BCUT2D eigenvalue weighted by Crippen LogP contribution is 2.33. The molecule has 2 amide bonds. The number of carbonyl (C=O) groups is 5. The summed E-state index contributed by atoms with van der Waals surface area (Å²) in [5, 5.41) is 7.29. The summed E-state index contributed by atoms with van der Waals surface area (Å²) in [4.78, 5) is 69.8. The first-order chi connectivity index (χ1) is 21.2. The number of aromatic nitrogens is 1. The van der Waals surface area contributed by atoms with Crippen LogP contribution in [0.2, 0.25) is 10.0 Å². The maximum Gasteiger partial charge on any atom is 0.289 e. The van der Waals surface area contributed by atoms with E-state index in [4.69, 9.17) is 23.2 Å². The molecular formula is C34H43Cl2N3O5. The average molecular weight is 645 g/mol. The molecule has 3 aliphatic carbocycles. The van der Waals surface area contributed by atoms with E-state index >= 15 is 0 Å². The number of hydrogen-bond acceptors (Lipinski definition) is 5. The second kappa shape index (κ2) is 15.0. The molecule has 3 N–H and O–H groups in total. The molecular weight excluding hydrogens is 601 g/mol. The zero-order valence-corrected chi connectivity index (χ0v) is 26.7. The Hall–Kier alpha value is -2.71. The lowest BCUT2D eigenvalue weighted by Gasteiger charge is -2.28. The van der Waals surface area contributed by atoms with Crippen LogP contribution >= 0.6 is 23.2 Å². The van der Waals surface area contributed by atoms with E-state index in [1.54, 1.807) is 18.2 Å². The Bertz CT molecular complexity index is 1390. The molecule has 0 bridgehead atoms. The molecule has 0 unspecified atom stereocenters. The van der Waals surface area contributed by atoms with Crippen molar-refractivity contribution in [3.8, 4) is 0 Å². The van der Waals surface area contributed by atoms with Gasteiger partial charge in [-0.15, -0.1) is 0 Å². The first kappa shape index (κ1) is 32.7. The van der Waals surface area contributed by atoms with Crippen LogP contribution < -0.4 is 10.6 Å². The highest BCUT2D eigenvalue weighted by Gasteiger charge is 2.37. The van der Waals surface area contributed by atoms with Crippen molar-refractivity contribution in [2.45, 2.75) is 115 Å². The normalized spacial score (nSPS) is 21.2. The van der Waals surface area contributed by atoms with Crippen molar-refractivity contribution in [3.05, 3.63) is 33.9 Å². The van der Waals surface area contributed by atoms with Crippen LogP contribution in [0.25, 0.3) is 10.9 Å². The number of benzene rings is 1. The van der Waals surface area contributed by atoms with E-state index in [9.17, 15) is 24.0 Å². The number of rotatable bonds is 12. The van der Waals surface area contributed by atoms with Crippen molar-refractivity contribution < 1.29 is 24.0 Å². The van der Waals surface area contributed by atoms with Gasteiger partial charge in [0.2, 0.25) is 11.7 Å². The monoisotopic (exact) mass is 643 g/mol. The molecule has 5 rings (SSSR count). The number of nitrogens with one attached hydrogen (secondary N) is 3. The number of H-pyrrole nitrogens is 1. The summed E-state index contributed by atoms with van der Waals surface area (Å²) in [7, 11) is 0. The molecule has 0 radical (unpaired) electrons. The third kappa shape index (κ3) is 8.30. The molecule has 2 aromatic rings. The number of halogens is 2. The SMILES string of the molecule is O=C(NC1CCCCC1)C(=O)[C@H](C[C@@H]1CCCC1=O)NC(=O)[C@@H](CC(=O)c1cc2c(Cl)cc(Cl)cc2[nH]1)CC1CCCCC1. The first-order valence-corrected chi connectivity index (χ1v) is 17.1. The van der Waals surface area contributed by atoms with Crippen LogP contribution in [-0.4, -0.2) is 46.2 Å². The van der Waals surface area contributed by atoms with Gasteiger partial charge in [0.1, 0.15) is 5.78 Å². The minimum atomic E-state index is -1.11. The Labute approximate surface area is 268 Å². The molecule has 1 aromatic carbocycles. The van der Waals surface area contributed by atoms with Crippen LogP contribution in [0.5, 0.6) is 0 Å². The van der Waals surface area contributed by atoms with E-state index in [-0.39, 0.29) is 36.4 Å². The second-order valence-corrected chi connectivity index (χ2v) is 14.0. The minimum Gasteiger partial charge on any atom is -0.352 e. The number of hydrogen-bond donors (Lipinski definition) is 3. The Morgan fingerprint density at radius 3 is 2.25 bits per heavy atom. The third-order valence-electron chi connectivity index (χ3n) is 9.85. The van der Waals surface area contributed by atoms with Gasteiger partial charge >= 0.3 is 0 Å². The highest BCUT2D eigenvalue weighted by molar-refractivity contribution is 6.39. The topological polar surface area (TPSA) is 125 Å². The number of Topliss-reactive ketones (excluding diaryl/α,β-unsaturated/α-hetero) is 3. The highest BCUT2D eigenvalue weighted by atomic mass is 35.5. The first-order valence-electron chi connectivity index (χ1n) is 16.4. The summed E-state index contributed by atoms with van der Waals surface area (Å²) >= 11 is 12.5. The second-order valence-electron chi connectivity index (χ2n) is 13.1. The van der Waals surface area contributed by atoms with Crippen LogP contribution in [0, 0.1) is 17.8 Å². The van der Waals surface area contributed by atoms with Gasteiger partial charge in [-0.3, -0.25) is 24.0 Å². The third-order valence-corrected chi connectivity index (χ3v) is 10.4. The minimum absolute atomic E-state index is 0.0546. The molecule has 3 aliphatic rings. The van der Waals surface area contributed by atoms with Gasteiger partial charge in [-0.25, -0.2) is 0 Å². The van der Waals surface area contributed by atoms with Crippen LogP contribution in [-0.2, 0) is 19.2 Å². The molecule has 1 aromatic heterocycles. The number of fused-ring (bicyclic) bond motifs is 1. The van der Waals surface area contributed by atoms with Crippen LogP contribution in [0.15, 0.2) is 18.2 Å². The standard InChI is InChI=1S/C34H43Cl2N3O5/c35-23-17-26(36)25-19-28(38-27(25)18-23)31(41)16-22(14-20-8-3-1-4-9-20)33(43)39-29(15-21-10-7-13-30(21)40)32(42)34(44)37-24-11-5-2-6-12-24/h17-22,24,29,38H,1-16H2,(H,37,44)(H,39,43)/t21-,22+,29-/m0/s1. The Balaban J connectivity index is 1.34. The molecule has 1 heterocycles. The van der Waals surface area contributed by atoms with E-state index in [0.717, 1.165) is 70.6 Å². The van der Waals surface area contributed by atoms with E-state index < -0.39 is 29.6 Å². The molecule has 238 valence electrons. The molecule has 0 spiro atoms. The van der Waals surface area contributed by atoms with Crippen molar-refractivity contribution in [2.75, 3.05) is 0 Å². The fraction of sp³-hybridized carbons (Fsp3) is 0.618. The lowest BCUT2D eigenvalue weighted by atomic mass is 9.80. The zero-order valence-electron chi connectivity index (χ0n) is 25.2. The van der Waals surface area contributed by atoms with Crippen LogP contribution in [0.1, 0.15) is 113 Å². The Morgan fingerprint density at radius 1 is 0.864 bits per heavy atom. The van der Waals surface area contributed by atoms with Crippen LogP contribution in [0.4, 0.5) is 0 Å². The van der Waals surface area contributed by atoms with Crippen molar-refractivity contribution in [3.63, 3.8) is 0 Å². The van der Waals surface area contributed by atoms with Gasteiger partial charge in [-0.2, -0.15) is 0 Å². The molecule has 8 nitrogen and oxygen atoms in total. The average Bonchev–Trinajstić information content (AvgIpc) is 3.63. The van der Waals surface area contributed by atoms with Gasteiger partial charge in [0.15, 0.2) is 5.78 Å². The number of ketones is 3. The van der Waals surface area contributed by atoms with E-state index in [2.05, 4.69) is 15.6 Å². The number of carbonyl (C=O) groups excluding carboxylic acids is 5. The van der Waals surface area contributed by atoms with Crippen molar-refractivity contribution >= 4 is 63.3 Å². The molecule has 0 saturated heterocycles. The molecule has 3 atom stereocenters. The summed E-state index contributed by atoms with van der Waals surface area (Å²) in [5.74, 6) is -2.78. The Morgan fingerprint density at radius 2 is 1.57 bits per heavy atom. The van der Waals surface area contributed by atoms with E-state index in [1.807, 2.05) is 0 Å². The largest absolute Gasteiger partial charge is 0.352 e. The molecule has 10 heteroatoms. The smallest absolute Gasteiger partial charge is 0.289 e. The quantitative estimate of drug-likeness (QED) is 0.171. The summed E-state index contributed by atoms with van der Waals surface area (Å²) in [6.07, 6.45) is 12.5. The van der Waals surface area contributed by atoms with Gasteiger partial charge in [-0.1, -0.05) is 74.6 Å². The van der Waals surface area contributed by atoms with E-state index in [1.165, 1.54) is 0 Å². The van der Waals surface area contributed by atoms with Gasteiger partial charge in [-0.05, 0) is 62.6 Å². The molecule has 3 saturated carbocycles. The molecule has 3 fully saturated rings. The lowest BCUT2D eigenvalue weighted by Crippen LogP contribution is -2.52. The number of aromatic amines is 1. The van der Waals surface area contributed by atoms with Gasteiger partial charge < -0.3 is 15.6 Å². The summed E-state index contributed by atoms with van der Waals surface area (Å²) in [6, 6.07) is 3.82. The van der Waals surface area contributed by atoms with Gasteiger partial charge in [0.25, 0.3) is 5.91 Å². The predicted octanol–water partition coefficient (Wildman–Crippen LogP) is 6.90. The van der Waals surface area contributed by atoms with Crippen molar-refractivity contribution in [1.82, 2.24) is 15.6 Å². The molecule has 44 heavy (non-hydrogen) atoms.